The highest BCUT2D eigenvalue weighted by Crippen LogP contribution is 2.41. The first kappa shape index (κ1) is 10.7. The van der Waals surface area contributed by atoms with Gasteiger partial charge in [-0.15, -0.1) is 0 Å². The van der Waals surface area contributed by atoms with E-state index in [4.69, 9.17) is 11.6 Å². The minimum Gasteiger partial charge on any atom is -0.357 e. The molecule has 2 nitrogen and oxygen atoms in total. The zero-order valence-corrected chi connectivity index (χ0v) is 11.6. The summed E-state index contributed by atoms with van der Waals surface area (Å²) in [6, 6.07) is 10.7. The molecule has 2 heterocycles. The third-order valence-electron chi connectivity index (χ3n) is 3.33. The van der Waals surface area contributed by atoms with Gasteiger partial charge in [-0.3, -0.25) is 0 Å². The summed E-state index contributed by atoms with van der Waals surface area (Å²) in [6.45, 7) is 1.04. The van der Waals surface area contributed by atoms with Crippen LogP contribution in [0.2, 0.25) is 0 Å². The Morgan fingerprint density at radius 3 is 2.81 bits per heavy atom. The van der Waals surface area contributed by atoms with Crippen LogP contribution < -0.4 is 5.32 Å². The number of halogens is 2. The van der Waals surface area contributed by atoms with Gasteiger partial charge in [0.1, 0.15) is 15.0 Å². The van der Waals surface area contributed by atoms with Gasteiger partial charge in [-0.1, -0.05) is 41.9 Å². The van der Waals surface area contributed by atoms with Crippen LogP contribution in [-0.2, 0) is 0 Å². The van der Waals surface area contributed by atoms with Gasteiger partial charge in [-0.2, -0.15) is 0 Å². The Bertz CT molecular complexity index is 432. The summed E-state index contributed by atoms with van der Waals surface area (Å²) >= 11 is 8.52. The molecule has 1 N–H and O–H groups in total. The number of hydrogen-bond acceptors (Lipinski definition) is 2. The van der Waals surface area contributed by atoms with Crippen molar-refractivity contribution in [3.63, 3.8) is 0 Å². The van der Waals surface area contributed by atoms with Gasteiger partial charge in [0, 0.05) is 12.5 Å². The molecule has 0 bridgehead atoms. The number of benzene rings is 1. The smallest absolute Gasteiger partial charge is 0.136 e. The predicted molar refractivity (Wildman–Crippen MR) is 74.3 cm³/mol. The van der Waals surface area contributed by atoms with Gasteiger partial charge in [-0.05, 0) is 34.6 Å². The highest BCUT2D eigenvalue weighted by molar-refractivity contribution is 14.1. The fourth-order valence-electron chi connectivity index (χ4n) is 2.56. The fourth-order valence-corrected chi connectivity index (χ4v) is 3.43. The third-order valence-corrected chi connectivity index (χ3v) is 4.88. The van der Waals surface area contributed by atoms with E-state index in [-0.39, 0.29) is 0 Å². The van der Waals surface area contributed by atoms with E-state index in [9.17, 15) is 0 Å². The molecule has 0 aliphatic carbocycles. The van der Waals surface area contributed by atoms with Gasteiger partial charge in [0.2, 0.25) is 0 Å². The number of rotatable bonds is 1. The molecule has 84 valence electrons. The topological polar surface area (TPSA) is 15.3 Å². The second-order valence-corrected chi connectivity index (χ2v) is 5.63. The van der Waals surface area contributed by atoms with Crippen LogP contribution in [0.1, 0.15) is 17.9 Å². The van der Waals surface area contributed by atoms with Crippen LogP contribution in [0.25, 0.3) is 0 Å². The van der Waals surface area contributed by atoms with Crippen molar-refractivity contribution >= 4 is 34.2 Å². The summed E-state index contributed by atoms with van der Waals surface area (Å²) in [5.41, 5.74) is 1.40. The standard InChI is InChI=1S/C12H12ClIN2/c13-10-11(14)15-12-9(6-7-16(10)12)8-4-2-1-3-5-8/h1-5,9,12,15H,6-7H2. The van der Waals surface area contributed by atoms with E-state index < -0.39 is 0 Å². The average molecular weight is 347 g/mol. The van der Waals surface area contributed by atoms with E-state index in [1.165, 1.54) is 12.0 Å². The molecule has 2 aliphatic heterocycles. The Balaban J connectivity index is 1.88. The zero-order chi connectivity index (χ0) is 11.1. The first-order valence-corrected chi connectivity index (χ1v) is 6.86. The van der Waals surface area contributed by atoms with Crippen LogP contribution in [0.3, 0.4) is 0 Å². The van der Waals surface area contributed by atoms with Gasteiger partial charge in [-0.25, -0.2) is 0 Å². The van der Waals surface area contributed by atoms with Gasteiger partial charge < -0.3 is 10.2 Å². The second-order valence-electron chi connectivity index (χ2n) is 4.19. The Morgan fingerprint density at radius 2 is 2.06 bits per heavy atom. The van der Waals surface area contributed by atoms with Crippen molar-refractivity contribution in [2.45, 2.75) is 18.5 Å². The van der Waals surface area contributed by atoms with Gasteiger partial charge in [0.15, 0.2) is 0 Å². The number of fused-ring (bicyclic) bond motifs is 1. The second kappa shape index (κ2) is 4.11. The number of nitrogens with zero attached hydrogens (tertiary/aromatic N) is 1. The fraction of sp³-hybridized carbons (Fsp3) is 0.333. The molecule has 1 aromatic rings. The molecule has 1 fully saturated rings. The molecule has 2 atom stereocenters. The lowest BCUT2D eigenvalue weighted by molar-refractivity contribution is 0.329. The van der Waals surface area contributed by atoms with Gasteiger partial charge in [0.25, 0.3) is 0 Å². The van der Waals surface area contributed by atoms with Crippen molar-refractivity contribution in [2.24, 2.45) is 0 Å². The first-order valence-electron chi connectivity index (χ1n) is 5.41. The van der Waals surface area contributed by atoms with E-state index in [2.05, 4.69) is 63.1 Å². The minimum atomic E-state index is 0.349. The molecule has 2 aliphatic rings. The normalized spacial score (nSPS) is 28.2. The van der Waals surface area contributed by atoms with E-state index in [0.717, 1.165) is 15.4 Å². The highest BCUT2D eigenvalue weighted by atomic mass is 127. The molecule has 0 amide bonds. The van der Waals surface area contributed by atoms with Crippen LogP contribution in [0.5, 0.6) is 0 Å². The summed E-state index contributed by atoms with van der Waals surface area (Å²) < 4.78 is 1.07. The van der Waals surface area contributed by atoms with Crippen molar-refractivity contribution < 1.29 is 0 Å². The maximum Gasteiger partial charge on any atom is 0.136 e. The molecule has 1 saturated heterocycles. The minimum absolute atomic E-state index is 0.349. The van der Waals surface area contributed by atoms with E-state index >= 15 is 0 Å². The molecule has 0 saturated carbocycles. The molecule has 3 rings (SSSR count). The monoisotopic (exact) mass is 346 g/mol. The van der Waals surface area contributed by atoms with Gasteiger partial charge >= 0.3 is 0 Å². The molecule has 0 aromatic heterocycles. The maximum atomic E-state index is 6.25. The molecule has 2 unspecified atom stereocenters. The summed E-state index contributed by atoms with van der Waals surface area (Å²) in [4.78, 5) is 2.26. The molecule has 1 aromatic carbocycles. The molecular formula is C12H12ClIN2. The Kier molecular flexibility index (Phi) is 2.75. The molecule has 4 heteroatoms. The lowest BCUT2D eigenvalue weighted by atomic mass is 9.96. The molecular weight excluding hydrogens is 335 g/mol. The molecule has 0 radical (unpaired) electrons. The first-order chi connectivity index (χ1) is 7.77. The van der Waals surface area contributed by atoms with Crippen molar-refractivity contribution in [2.75, 3.05) is 6.54 Å². The Hall–Kier alpha value is -0.420. The number of hydrogen-bond donors (Lipinski definition) is 1. The quantitative estimate of drug-likeness (QED) is 0.620. The van der Waals surface area contributed by atoms with E-state index in [0.29, 0.717) is 12.1 Å². The largest absolute Gasteiger partial charge is 0.357 e. The summed E-state index contributed by atoms with van der Waals surface area (Å²) in [6.07, 6.45) is 1.52. The summed E-state index contributed by atoms with van der Waals surface area (Å²) in [5.74, 6) is 0.544. The zero-order valence-electron chi connectivity index (χ0n) is 8.66. The Labute approximate surface area is 114 Å². The SMILES string of the molecule is ClC1=C(I)NC2C(c3ccccc3)CCN12. The summed E-state index contributed by atoms with van der Waals surface area (Å²) in [7, 11) is 0. The highest BCUT2D eigenvalue weighted by Gasteiger charge is 2.40. The van der Waals surface area contributed by atoms with E-state index in [1.54, 1.807) is 0 Å². The van der Waals surface area contributed by atoms with Crippen LogP contribution in [0.15, 0.2) is 39.2 Å². The van der Waals surface area contributed by atoms with Crippen LogP contribution in [0.4, 0.5) is 0 Å². The lowest BCUT2D eigenvalue weighted by Gasteiger charge is -2.22. The number of nitrogens with one attached hydrogen (secondary N) is 1. The predicted octanol–water partition coefficient (Wildman–Crippen LogP) is 3.21. The third kappa shape index (κ3) is 1.61. The van der Waals surface area contributed by atoms with Crippen LogP contribution in [-0.4, -0.2) is 17.6 Å². The maximum absolute atomic E-state index is 6.25. The summed E-state index contributed by atoms with van der Waals surface area (Å²) in [5, 5.41) is 4.35. The van der Waals surface area contributed by atoms with Crippen molar-refractivity contribution in [3.05, 3.63) is 44.8 Å². The van der Waals surface area contributed by atoms with Crippen LogP contribution >= 0.6 is 34.2 Å². The average Bonchev–Trinajstić information content (AvgIpc) is 2.83. The van der Waals surface area contributed by atoms with E-state index in [1.807, 2.05) is 0 Å². The van der Waals surface area contributed by atoms with Crippen LogP contribution in [0, 0.1) is 0 Å². The van der Waals surface area contributed by atoms with Crippen molar-refractivity contribution in [1.29, 1.82) is 0 Å². The van der Waals surface area contributed by atoms with Crippen molar-refractivity contribution in [3.8, 4) is 0 Å². The Morgan fingerprint density at radius 1 is 1.31 bits per heavy atom. The molecule has 0 spiro atoms. The van der Waals surface area contributed by atoms with Crippen molar-refractivity contribution in [1.82, 2.24) is 10.2 Å². The lowest BCUT2D eigenvalue weighted by Crippen LogP contribution is -2.34. The molecule has 16 heavy (non-hydrogen) atoms. The van der Waals surface area contributed by atoms with Gasteiger partial charge in [0.05, 0.1) is 0 Å².